The number of aryl methyl sites for hydroxylation is 1. The van der Waals surface area contributed by atoms with Gasteiger partial charge in [0.2, 0.25) is 0 Å². The average molecular weight is 300 g/mol. The Labute approximate surface area is 124 Å². The molecule has 1 atom stereocenters. The molecular formula is C15H22ClNOS. The number of hydrogen-bond donors (Lipinski definition) is 0. The van der Waals surface area contributed by atoms with Gasteiger partial charge in [-0.3, -0.25) is 0 Å². The molecule has 19 heavy (non-hydrogen) atoms. The van der Waals surface area contributed by atoms with E-state index in [1.807, 2.05) is 52.0 Å². The monoisotopic (exact) mass is 299 g/mol. The SMILES string of the molecule is Cc1ccc(/C(CCCCl)=N\[S+]([O-])C(C)(C)C)cc1. The van der Waals surface area contributed by atoms with Gasteiger partial charge in [0.1, 0.15) is 16.1 Å². The summed E-state index contributed by atoms with van der Waals surface area (Å²) >= 11 is 4.52. The van der Waals surface area contributed by atoms with E-state index < -0.39 is 11.4 Å². The van der Waals surface area contributed by atoms with Crippen molar-refractivity contribution in [3.63, 3.8) is 0 Å². The summed E-state index contributed by atoms with van der Waals surface area (Å²) in [5.41, 5.74) is 3.12. The fraction of sp³-hybridized carbons (Fsp3) is 0.533. The van der Waals surface area contributed by atoms with E-state index in [2.05, 4.69) is 4.40 Å². The smallest absolute Gasteiger partial charge is 0.144 e. The third kappa shape index (κ3) is 5.55. The Morgan fingerprint density at radius 2 is 1.84 bits per heavy atom. The second kappa shape index (κ2) is 7.32. The predicted molar refractivity (Wildman–Crippen MR) is 85.6 cm³/mol. The summed E-state index contributed by atoms with van der Waals surface area (Å²) in [7, 11) is 0. The minimum absolute atomic E-state index is 0.336. The number of hydrogen-bond acceptors (Lipinski definition) is 2. The maximum Gasteiger partial charge on any atom is 0.144 e. The quantitative estimate of drug-likeness (QED) is 0.454. The Kier molecular flexibility index (Phi) is 6.37. The van der Waals surface area contributed by atoms with Gasteiger partial charge in [-0.05, 0) is 40.5 Å². The second-order valence-electron chi connectivity index (χ2n) is 5.56. The van der Waals surface area contributed by atoms with Crippen LogP contribution in [0.5, 0.6) is 0 Å². The van der Waals surface area contributed by atoms with Crippen molar-refractivity contribution >= 4 is 28.7 Å². The summed E-state index contributed by atoms with van der Waals surface area (Å²) in [6, 6.07) is 8.15. The fourth-order valence-electron chi connectivity index (χ4n) is 1.46. The van der Waals surface area contributed by atoms with Crippen molar-refractivity contribution in [3.8, 4) is 0 Å². The van der Waals surface area contributed by atoms with E-state index in [-0.39, 0.29) is 4.75 Å². The summed E-state index contributed by atoms with van der Waals surface area (Å²) < 4.78 is 16.2. The Balaban J connectivity index is 3.00. The molecule has 0 aliphatic carbocycles. The van der Waals surface area contributed by atoms with Crippen molar-refractivity contribution in [1.82, 2.24) is 0 Å². The highest BCUT2D eigenvalue weighted by Crippen LogP contribution is 2.20. The molecule has 0 bridgehead atoms. The van der Waals surface area contributed by atoms with Gasteiger partial charge in [0.15, 0.2) is 0 Å². The van der Waals surface area contributed by atoms with Crippen LogP contribution in [0.1, 0.15) is 44.7 Å². The molecular weight excluding hydrogens is 278 g/mol. The Bertz CT molecular complexity index is 423. The highest BCUT2D eigenvalue weighted by molar-refractivity contribution is 7.91. The Hall–Kier alpha value is -0.510. The van der Waals surface area contributed by atoms with Crippen molar-refractivity contribution in [1.29, 1.82) is 0 Å². The number of nitrogens with zero attached hydrogens (tertiary/aromatic N) is 1. The number of rotatable bonds is 5. The van der Waals surface area contributed by atoms with E-state index >= 15 is 0 Å². The zero-order valence-corrected chi connectivity index (χ0v) is 13.6. The maximum absolute atomic E-state index is 12.2. The topological polar surface area (TPSA) is 35.4 Å². The minimum atomic E-state index is -1.23. The largest absolute Gasteiger partial charge is 0.591 e. The van der Waals surface area contributed by atoms with E-state index in [4.69, 9.17) is 11.6 Å². The molecule has 1 unspecified atom stereocenters. The van der Waals surface area contributed by atoms with E-state index in [0.29, 0.717) is 5.88 Å². The predicted octanol–water partition coefficient (Wildman–Crippen LogP) is 4.27. The molecule has 0 aromatic heterocycles. The van der Waals surface area contributed by atoms with Crippen molar-refractivity contribution < 1.29 is 4.55 Å². The first-order valence-electron chi connectivity index (χ1n) is 6.47. The molecule has 0 fully saturated rings. The van der Waals surface area contributed by atoms with Gasteiger partial charge in [-0.2, -0.15) is 0 Å². The third-order valence-electron chi connectivity index (χ3n) is 2.65. The van der Waals surface area contributed by atoms with Gasteiger partial charge >= 0.3 is 0 Å². The Morgan fingerprint density at radius 3 is 2.32 bits per heavy atom. The van der Waals surface area contributed by atoms with Crippen LogP contribution in [0, 0.1) is 6.92 Å². The van der Waals surface area contributed by atoms with Gasteiger partial charge in [0.25, 0.3) is 0 Å². The summed E-state index contributed by atoms with van der Waals surface area (Å²) in [5.74, 6) is 0.590. The van der Waals surface area contributed by atoms with Crippen molar-refractivity contribution in [2.75, 3.05) is 5.88 Å². The Morgan fingerprint density at radius 1 is 1.26 bits per heavy atom. The van der Waals surface area contributed by atoms with Crippen LogP contribution in [0.4, 0.5) is 0 Å². The fourth-order valence-corrected chi connectivity index (χ4v) is 2.26. The van der Waals surface area contributed by atoms with Gasteiger partial charge < -0.3 is 4.55 Å². The standard InChI is InChI=1S/C15H22ClNOS/c1-12-7-9-13(10-8-12)14(6-5-11-16)17-19(18)15(2,3)4/h7-10H,5-6,11H2,1-4H3/b17-14-. The van der Waals surface area contributed by atoms with E-state index in [1.54, 1.807) is 0 Å². The molecule has 1 aromatic carbocycles. The first-order valence-corrected chi connectivity index (χ1v) is 8.11. The first-order chi connectivity index (χ1) is 8.84. The molecule has 0 radical (unpaired) electrons. The number of halogens is 1. The zero-order chi connectivity index (χ0) is 14.5. The molecule has 0 aliphatic heterocycles. The van der Waals surface area contributed by atoms with Crippen LogP contribution >= 0.6 is 11.6 Å². The first kappa shape index (κ1) is 16.5. The average Bonchev–Trinajstić information content (AvgIpc) is 2.34. The lowest BCUT2D eigenvalue weighted by atomic mass is 10.0. The van der Waals surface area contributed by atoms with Crippen LogP contribution in [0.25, 0.3) is 0 Å². The highest BCUT2D eigenvalue weighted by Gasteiger charge is 2.27. The molecule has 4 heteroatoms. The zero-order valence-electron chi connectivity index (χ0n) is 12.1. The van der Waals surface area contributed by atoms with Crippen molar-refractivity contribution in [3.05, 3.63) is 35.4 Å². The third-order valence-corrected chi connectivity index (χ3v) is 4.35. The molecule has 2 nitrogen and oxygen atoms in total. The molecule has 106 valence electrons. The minimum Gasteiger partial charge on any atom is -0.591 e. The lowest BCUT2D eigenvalue weighted by Gasteiger charge is -2.19. The van der Waals surface area contributed by atoms with Gasteiger partial charge in [-0.1, -0.05) is 34.2 Å². The summed E-state index contributed by atoms with van der Waals surface area (Å²) in [4.78, 5) is 0. The van der Waals surface area contributed by atoms with Crippen molar-refractivity contribution in [2.45, 2.75) is 45.3 Å². The molecule has 1 aromatic rings. The van der Waals surface area contributed by atoms with E-state index in [0.717, 1.165) is 24.1 Å². The summed E-state index contributed by atoms with van der Waals surface area (Å²) in [6.45, 7) is 7.84. The summed E-state index contributed by atoms with van der Waals surface area (Å²) in [5, 5.41) is 0. The van der Waals surface area contributed by atoms with Crippen LogP contribution in [-0.4, -0.2) is 20.9 Å². The highest BCUT2D eigenvalue weighted by atomic mass is 35.5. The van der Waals surface area contributed by atoms with Crippen LogP contribution in [-0.2, 0) is 11.4 Å². The van der Waals surface area contributed by atoms with Crippen LogP contribution in [0.15, 0.2) is 28.7 Å². The van der Waals surface area contributed by atoms with Gasteiger partial charge in [0, 0.05) is 11.4 Å². The van der Waals surface area contributed by atoms with E-state index in [1.165, 1.54) is 5.56 Å². The molecule has 0 saturated heterocycles. The summed E-state index contributed by atoms with van der Waals surface area (Å²) in [6.07, 6.45) is 1.60. The van der Waals surface area contributed by atoms with E-state index in [9.17, 15) is 4.55 Å². The normalized spacial score (nSPS) is 14.5. The van der Waals surface area contributed by atoms with Gasteiger partial charge in [-0.25, -0.2) is 0 Å². The molecule has 0 amide bonds. The molecule has 0 spiro atoms. The van der Waals surface area contributed by atoms with Crippen LogP contribution < -0.4 is 0 Å². The van der Waals surface area contributed by atoms with Crippen molar-refractivity contribution in [2.24, 2.45) is 4.40 Å². The molecule has 0 N–H and O–H groups in total. The molecule has 1 rings (SSSR count). The van der Waals surface area contributed by atoms with Crippen LogP contribution in [0.3, 0.4) is 0 Å². The molecule has 0 heterocycles. The van der Waals surface area contributed by atoms with Crippen LogP contribution in [0.2, 0.25) is 0 Å². The second-order valence-corrected chi connectivity index (χ2v) is 7.84. The number of benzene rings is 1. The lowest BCUT2D eigenvalue weighted by molar-refractivity contribution is 0.561. The molecule has 0 aliphatic rings. The molecule has 0 saturated carbocycles. The van der Waals surface area contributed by atoms with Gasteiger partial charge in [0.05, 0.1) is 5.71 Å². The number of alkyl halides is 1. The van der Waals surface area contributed by atoms with Gasteiger partial charge in [-0.15, -0.1) is 11.6 Å². The lowest BCUT2D eigenvalue weighted by Crippen LogP contribution is -2.27. The maximum atomic E-state index is 12.2.